The van der Waals surface area contributed by atoms with Gasteiger partial charge >= 0.3 is 5.97 Å². The van der Waals surface area contributed by atoms with Crippen molar-refractivity contribution < 1.29 is 19.1 Å². The monoisotopic (exact) mass is 368 g/mol. The lowest BCUT2D eigenvalue weighted by molar-refractivity contribution is -0.138. The summed E-state index contributed by atoms with van der Waals surface area (Å²) < 4.78 is 15.6. The zero-order chi connectivity index (χ0) is 18.7. The van der Waals surface area contributed by atoms with E-state index in [-0.39, 0.29) is 18.2 Å². The largest absolute Gasteiger partial charge is 0.480 e. The molecule has 2 rings (SSSR count). The molecule has 9 heteroatoms. The Balaban J connectivity index is 2.34. The minimum absolute atomic E-state index is 0.0170. The highest BCUT2D eigenvalue weighted by atomic mass is 35.5. The number of aliphatic carboxylic acids is 1. The van der Waals surface area contributed by atoms with Crippen molar-refractivity contribution in [2.24, 2.45) is 5.73 Å². The van der Waals surface area contributed by atoms with Gasteiger partial charge in [0.05, 0.1) is 16.9 Å². The van der Waals surface area contributed by atoms with Crippen molar-refractivity contribution in [3.05, 3.63) is 40.8 Å². The summed E-state index contributed by atoms with van der Waals surface area (Å²) in [5.74, 6) is -2.50. The molecule has 0 saturated carbocycles. The average Bonchev–Trinajstić information content (AvgIpc) is 2.93. The second-order valence-electron chi connectivity index (χ2n) is 5.76. The van der Waals surface area contributed by atoms with Crippen molar-refractivity contribution in [3.63, 3.8) is 0 Å². The molecule has 0 aliphatic carbocycles. The van der Waals surface area contributed by atoms with Crippen molar-refractivity contribution in [1.82, 2.24) is 15.1 Å². The average molecular weight is 369 g/mol. The number of halogens is 2. The lowest BCUT2D eigenvalue weighted by Gasteiger charge is -2.13. The first kappa shape index (κ1) is 18.9. The Labute approximate surface area is 148 Å². The fourth-order valence-electron chi connectivity index (χ4n) is 2.25. The molecule has 2 aromatic rings. The molecule has 0 saturated heterocycles. The van der Waals surface area contributed by atoms with Crippen molar-refractivity contribution in [1.29, 1.82) is 0 Å². The molecule has 134 valence electrons. The number of hydrogen-bond donors (Lipinski definition) is 3. The van der Waals surface area contributed by atoms with E-state index >= 15 is 0 Å². The predicted octanol–water partition coefficient (Wildman–Crippen LogP) is 2.07. The van der Waals surface area contributed by atoms with Crippen LogP contribution in [-0.4, -0.2) is 39.4 Å². The number of amides is 1. The summed E-state index contributed by atoms with van der Waals surface area (Å²) in [7, 11) is 0. The van der Waals surface area contributed by atoms with Gasteiger partial charge in [0.15, 0.2) is 0 Å². The van der Waals surface area contributed by atoms with E-state index in [0.29, 0.717) is 16.3 Å². The maximum Gasteiger partial charge on any atom is 0.322 e. The molecule has 1 atom stereocenters. The highest BCUT2D eigenvalue weighted by molar-refractivity contribution is 6.33. The van der Waals surface area contributed by atoms with Crippen LogP contribution in [0.25, 0.3) is 11.3 Å². The van der Waals surface area contributed by atoms with Crippen molar-refractivity contribution in [2.75, 3.05) is 6.54 Å². The van der Waals surface area contributed by atoms with Crippen LogP contribution < -0.4 is 11.1 Å². The van der Waals surface area contributed by atoms with E-state index in [1.165, 1.54) is 18.3 Å². The number of nitrogens with one attached hydrogen (secondary N) is 1. The molecular weight excluding hydrogens is 351 g/mol. The van der Waals surface area contributed by atoms with Crippen LogP contribution in [0.5, 0.6) is 0 Å². The van der Waals surface area contributed by atoms with Crippen LogP contribution in [0.3, 0.4) is 0 Å². The van der Waals surface area contributed by atoms with Gasteiger partial charge in [0.2, 0.25) is 0 Å². The van der Waals surface area contributed by atoms with Gasteiger partial charge in [-0.05, 0) is 32.0 Å². The highest BCUT2D eigenvalue weighted by Gasteiger charge is 2.18. The van der Waals surface area contributed by atoms with Crippen molar-refractivity contribution >= 4 is 23.5 Å². The van der Waals surface area contributed by atoms with Crippen LogP contribution in [0.15, 0.2) is 24.4 Å². The molecule has 0 radical (unpaired) electrons. The van der Waals surface area contributed by atoms with Gasteiger partial charge in [-0.1, -0.05) is 11.6 Å². The summed E-state index contributed by atoms with van der Waals surface area (Å²) in [5.41, 5.74) is 6.25. The van der Waals surface area contributed by atoms with Gasteiger partial charge in [0, 0.05) is 23.7 Å². The van der Waals surface area contributed by atoms with Crippen LogP contribution in [0.4, 0.5) is 4.39 Å². The molecule has 0 aliphatic heterocycles. The number of benzene rings is 1. The topological polar surface area (TPSA) is 110 Å². The molecule has 1 aromatic heterocycles. The van der Waals surface area contributed by atoms with E-state index in [9.17, 15) is 14.0 Å². The maximum absolute atomic E-state index is 14.0. The second kappa shape index (κ2) is 7.62. The summed E-state index contributed by atoms with van der Waals surface area (Å²) in [4.78, 5) is 22.9. The molecule has 1 amide bonds. The van der Waals surface area contributed by atoms with E-state index in [4.69, 9.17) is 22.4 Å². The number of rotatable bonds is 6. The summed E-state index contributed by atoms with van der Waals surface area (Å²) in [6, 6.07) is 2.51. The Morgan fingerprint density at radius 1 is 1.40 bits per heavy atom. The number of carboxylic acid groups (broad SMARTS) is 1. The minimum atomic E-state index is -1.24. The number of carbonyl (C=O) groups is 2. The Morgan fingerprint density at radius 2 is 2.08 bits per heavy atom. The predicted molar refractivity (Wildman–Crippen MR) is 91.0 cm³/mol. The van der Waals surface area contributed by atoms with Gasteiger partial charge < -0.3 is 16.2 Å². The fraction of sp³-hybridized carbons (Fsp3) is 0.312. The third-order valence-corrected chi connectivity index (χ3v) is 3.75. The minimum Gasteiger partial charge on any atom is -0.480 e. The zero-order valence-corrected chi connectivity index (χ0v) is 14.4. The molecule has 0 unspecified atom stereocenters. The van der Waals surface area contributed by atoms with E-state index in [1.807, 2.05) is 13.8 Å². The van der Waals surface area contributed by atoms with Gasteiger partial charge in [0.1, 0.15) is 11.9 Å². The van der Waals surface area contributed by atoms with Gasteiger partial charge in [-0.25, -0.2) is 4.39 Å². The number of hydrogen-bond acceptors (Lipinski definition) is 4. The SMILES string of the molecule is CC(C)n1ncc(Cl)c1-c1cc(F)cc(C(=O)NC[C@@H](N)C(=O)O)c1. The van der Waals surface area contributed by atoms with Crippen LogP contribution in [0.2, 0.25) is 5.02 Å². The Morgan fingerprint density at radius 3 is 2.68 bits per heavy atom. The smallest absolute Gasteiger partial charge is 0.322 e. The lowest BCUT2D eigenvalue weighted by atomic mass is 10.1. The number of carbonyl (C=O) groups excluding carboxylic acids is 1. The fourth-order valence-corrected chi connectivity index (χ4v) is 2.49. The number of carboxylic acids is 1. The Kier molecular flexibility index (Phi) is 5.76. The highest BCUT2D eigenvalue weighted by Crippen LogP contribution is 2.31. The first-order valence-corrected chi connectivity index (χ1v) is 7.89. The van der Waals surface area contributed by atoms with Gasteiger partial charge in [0.25, 0.3) is 5.91 Å². The normalized spacial score (nSPS) is 12.2. The maximum atomic E-state index is 14.0. The van der Waals surface area contributed by atoms with E-state index in [1.54, 1.807) is 4.68 Å². The van der Waals surface area contributed by atoms with Crippen LogP contribution in [-0.2, 0) is 4.79 Å². The third kappa shape index (κ3) is 4.34. The molecule has 7 nitrogen and oxygen atoms in total. The van der Waals surface area contributed by atoms with Gasteiger partial charge in [-0.2, -0.15) is 5.10 Å². The molecule has 0 aliphatic rings. The Hall–Kier alpha value is -2.45. The van der Waals surface area contributed by atoms with E-state index in [2.05, 4.69) is 10.4 Å². The third-order valence-electron chi connectivity index (χ3n) is 3.47. The second-order valence-corrected chi connectivity index (χ2v) is 6.17. The molecule has 0 fully saturated rings. The number of nitrogens with zero attached hydrogens (tertiary/aromatic N) is 2. The molecule has 1 heterocycles. The molecule has 0 bridgehead atoms. The van der Waals surface area contributed by atoms with Crippen LogP contribution >= 0.6 is 11.6 Å². The Bertz CT molecular complexity index is 807. The molecule has 25 heavy (non-hydrogen) atoms. The standard InChI is InChI=1S/C16H18ClFN4O3/c1-8(2)22-14(12(17)6-21-22)9-3-10(5-11(18)4-9)15(23)20-7-13(19)16(24)25/h3-6,8,13H,7,19H2,1-2H3,(H,20,23)(H,24,25)/t13-/m1/s1. The molecular formula is C16H18ClFN4O3. The first-order chi connectivity index (χ1) is 11.7. The van der Waals surface area contributed by atoms with Gasteiger partial charge in [-0.15, -0.1) is 0 Å². The summed E-state index contributed by atoms with van der Waals surface area (Å²) in [6.45, 7) is 3.52. The quantitative estimate of drug-likeness (QED) is 0.722. The van der Waals surface area contributed by atoms with Crippen LogP contribution in [0, 0.1) is 5.82 Å². The summed E-state index contributed by atoms with van der Waals surface area (Å²) in [6.07, 6.45) is 1.45. The molecule has 4 N–H and O–H groups in total. The summed E-state index contributed by atoms with van der Waals surface area (Å²) in [5, 5.41) is 15.6. The van der Waals surface area contributed by atoms with E-state index in [0.717, 1.165) is 6.07 Å². The number of nitrogens with two attached hydrogens (primary N) is 1. The first-order valence-electron chi connectivity index (χ1n) is 7.51. The number of aromatic nitrogens is 2. The van der Waals surface area contributed by atoms with Gasteiger partial charge in [-0.3, -0.25) is 14.3 Å². The molecule has 0 spiro atoms. The summed E-state index contributed by atoms with van der Waals surface area (Å²) >= 11 is 6.16. The lowest BCUT2D eigenvalue weighted by Crippen LogP contribution is -2.42. The van der Waals surface area contributed by atoms with Crippen molar-refractivity contribution in [2.45, 2.75) is 25.9 Å². The molecule has 1 aromatic carbocycles. The van der Waals surface area contributed by atoms with Crippen LogP contribution in [0.1, 0.15) is 30.2 Å². The van der Waals surface area contributed by atoms with Crippen molar-refractivity contribution in [3.8, 4) is 11.3 Å². The van der Waals surface area contributed by atoms with E-state index < -0.39 is 23.7 Å². The zero-order valence-electron chi connectivity index (χ0n) is 13.7.